The van der Waals surface area contributed by atoms with Gasteiger partial charge in [0.25, 0.3) is 15.9 Å². The maximum absolute atomic E-state index is 13.5. The highest BCUT2D eigenvalue weighted by atomic mass is 35.5. The molecular formula is C28H26Cl2N4O4S. The number of aryl methyl sites for hydroxylation is 1. The lowest BCUT2D eigenvalue weighted by Gasteiger charge is -2.23. The van der Waals surface area contributed by atoms with Crippen molar-refractivity contribution in [1.29, 1.82) is 0 Å². The number of hydrogen-bond acceptors (Lipinski definition) is 5. The van der Waals surface area contributed by atoms with Crippen LogP contribution in [0.15, 0.2) is 88.9 Å². The first-order valence-electron chi connectivity index (χ1n) is 11.8. The molecule has 202 valence electrons. The van der Waals surface area contributed by atoms with E-state index in [9.17, 15) is 13.2 Å². The number of aromatic nitrogens is 1. The van der Waals surface area contributed by atoms with Crippen molar-refractivity contribution >= 4 is 51.0 Å². The van der Waals surface area contributed by atoms with Crippen molar-refractivity contribution in [3.8, 4) is 11.4 Å². The van der Waals surface area contributed by atoms with E-state index in [1.165, 1.54) is 25.5 Å². The molecule has 4 rings (SSSR count). The number of hydrazone groups is 1. The Morgan fingerprint density at radius 1 is 1.00 bits per heavy atom. The van der Waals surface area contributed by atoms with Crippen molar-refractivity contribution in [3.63, 3.8) is 0 Å². The Kier molecular flexibility index (Phi) is 8.64. The standard InChI is InChI=1S/C28H26Cl2N4O4S/c1-19-13-21(20(2)34(19)25-15-22(29)14-23(30)16-25)17-31-32-28(35)18-33(24-7-5-4-6-8-24)39(36,37)27-11-9-26(38-3)10-12-27/h4-17H,18H2,1-3H3,(H,32,35)/b31-17-. The van der Waals surface area contributed by atoms with Crippen molar-refractivity contribution in [2.75, 3.05) is 18.0 Å². The second kappa shape index (κ2) is 11.9. The molecule has 1 aromatic heterocycles. The maximum Gasteiger partial charge on any atom is 0.264 e. The first kappa shape index (κ1) is 28.2. The number of carbonyl (C=O) groups is 1. The van der Waals surface area contributed by atoms with Crippen LogP contribution >= 0.6 is 23.2 Å². The minimum Gasteiger partial charge on any atom is -0.497 e. The molecule has 1 amide bonds. The van der Waals surface area contributed by atoms with Gasteiger partial charge in [-0.2, -0.15) is 5.10 Å². The zero-order chi connectivity index (χ0) is 28.2. The Hall–Kier alpha value is -3.79. The molecule has 1 N–H and O–H groups in total. The maximum atomic E-state index is 13.5. The van der Waals surface area contributed by atoms with Gasteiger partial charge in [0.15, 0.2) is 0 Å². The minimum absolute atomic E-state index is 0.0250. The molecule has 0 aliphatic heterocycles. The van der Waals surface area contributed by atoms with Crippen LogP contribution in [-0.4, -0.2) is 38.8 Å². The second-order valence-corrected chi connectivity index (χ2v) is 11.3. The summed E-state index contributed by atoms with van der Waals surface area (Å²) in [4.78, 5) is 12.9. The Balaban J connectivity index is 1.54. The molecule has 3 aromatic carbocycles. The van der Waals surface area contributed by atoms with Gasteiger partial charge in [-0.15, -0.1) is 0 Å². The van der Waals surface area contributed by atoms with Crippen molar-refractivity contribution in [3.05, 3.63) is 106 Å². The van der Waals surface area contributed by atoms with E-state index >= 15 is 0 Å². The number of para-hydroxylation sites is 1. The van der Waals surface area contributed by atoms with E-state index in [1.54, 1.807) is 60.7 Å². The number of anilines is 1. The van der Waals surface area contributed by atoms with E-state index in [2.05, 4.69) is 10.5 Å². The Bertz CT molecular complexity index is 1600. The van der Waals surface area contributed by atoms with Crippen molar-refractivity contribution in [1.82, 2.24) is 9.99 Å². The van der Waals surface area contributed by atoms with Crippen molar-refractivity contribution in [2.45, 2.75) is 18.7 Å². The number of rotatable bonds is 9. The lowest BCUT2D eigenvalue weighted by molar-refractivity contribution is -0.119. The molecular weight excluding hydrogens is 559 g/mol. The van der Waals surface area contributed by atoms with Crippen LogP contribution < -0.4 is 14.5 Å². The lowest BCUT2D eigenvalue weighted by Crippen LogP contribution is -2.39. The predicted octanol–water partition coefficient (Wildman–Crippen LogP) is 5.76. The first-order valence-corrected chi connectivity index (χ1v) is 14.0. The summed E-state index contributed by atoms with van der Waals surface area (Å²) in [6.07, 6.45) is 1.51. The number of carbonyl (C=O) groups excluding carboxylic acids is 1. The molecule has 4 aromatic rings. The van der Waals surface area contributed by atoms with Gasteiger partial charge in [-0.05, 0) is 74.5 Å². The number of ether oxygens (including phenoxy) is 1. The highest BCUT2D eigenvalue weighted by Gasteiger charge is 2.27. The SMILES string of the molecule is COc1ccc(S(=O)(=O)N(CC(=O)N/N=C\c2cc(C)n(-c3cc(Cl)cc(Cl)c3)c2C)c2ccccc2)cc1. The molecule has 0 fully saturated rings. The molecule has 11 heteroatoms. The fraction of sp³-hybridized carbons (Fsp3) is 0.143. The number of methoxy groups -OCH3 is 1. The third kappa shape index (κ3) is 6.44. The molecule has 0 aliphatic carbocycles. The van der Waals surface area contributed by atoms with Crippen LogP contribution in [0.5, 0.6) is 5.75 Å². The fourth-order valence-corrected chi connectivity index (χ4v) is 6.04. The molecule has 0 saturated heterocycles. The third-order valence-electron chi connectivity index (χ3n) is 5.95. The van der Waals surface area contributed by atoms with Crippen LogP contribution in [0.25, 0.3) is 5.69 Å². The Morgan fingerprint density at radius 2 is 1.64 bits per heavy atom. The minimum atomic E-state index is -4.06. The summed E-state index contributed by atoms with van der Waals surface area (Å²) in [7, 11) is -2.56. The topological polar surface area (TPSA) is 93.0 Å². The van der Waals surface area contributed by atoms with Gasteiger partial charge in [0.1, 0.15) is 12.3 Å². The summed E-state index contributed by atoms with van der Waals surface area (Å²) in [5.41, 5.74) is 6.12. The summed E-state index contributed by atoms with van der Waals surface area (Å²) in [5.74, 6) is -0.0901. The van der Waals surface area contributed by atoms with E-state index in [0.717, 1.165) is 26.9 Å². The van der Waals surface area contributed by atoms with E-state index in [4.69, 9.17) is 27.9 Å². The highest BCUT2D eigenvalue weighted by Crippen LogP contribution is 2.27. The molecule has 0 spiro atoms. The van der Waals surface area contributed by atoms with E-state index < -0.39 is 22.5 Å². The average molecular weight is 586 g/mol. The summed E-state index contributed by atoms with van der Waals surface area (Å²) >= 11 is 12.4. The number of nitrogens with zero attached hydrogens (tertiary/aromatic N) is 3. The van der Waals surface area contributed by atoms with Crippen LogP contribution in [-0.2, 0) is 14.8 Å². The van der Waals surface area contributed by atoms with Gasteiger partial charge in [0, 0.05) is 32.7 Å². The number of hydrogen-bond donors (Lipinski definition) is 1. The van der Waals surface area contributed by atoms with Gasteiger partial charge in [-0.1, -0.05) is 41.4 Å². The van der Waals surface area contributed by atoms with Crippen molar-refractivity contribution in [2.24, 2.45) is 5.10 Å². The van der Waals surface area contributed by atoms with Gasteiger partial charge in [0.05, 0.1) is 23.9 Å². The molecule has 0 unspecified atom stereocenters. The van der Waals surface area contributed by atoms with Crippen molar-refractivity contribution < 1.29 is 17.9 Å². The largest absolute Gasteiger partial charge is 0.497 e. The number of benzene rings is 3. The number of amides is 1. The highest BCUT2D eigenvalue weighted by molar-refractivity contribution is 7.92. The van der Waals surface area contributed by atoms with Gasteiger partial charge >= 0.3 is 0 Å². The van der Waals surface area contributed by atoms with Crippen LogP contribution in [0.4, 0.5) is 5.69 Å². The predicted molar refractivity (Wildman–Crippen MR) is 155 cm³/mol. The smallest absolute Gasteiger partial charge is 0.264 e. The first-order chi connectivity index (χ1) is 18.6. The summed E-state index contributed by atoms with van der Waals surface area (Å²) in [6.45, 7) is 3.36. The molecule has 0 bridgehead atoms. The molecule has 0 saturated carbocycles. The van der Waals surface area contributed by atoms with E-state index in [-0.39, 0.29) is 4.90 Å². The summed E-state index contributed by atoms with van der Waals surface area (Å²) < 4.78 is 35.1. The molecule has 0 radical (unpaired) electrons. The van der Waals surface area contributed by atoms with Gasteiger partial charge in [-0.3, -0.25) is 9.10 Å². The fourth-order valence-electron chi connectivity index (χ4n) is 4.11. The van der Waals surface area contributed by atoms with Crippen LogP contribution in [0, 0.1) is 13.8 Å². The van der Waals surface area contributed by atoms with E-state index in [1.807, 2.05) is 24.5 Å². The molecule has 0 atom stereocenters. The number of halogens is 2. The van der Waals surface area contributed by atoms with Gasteiger partial charge < -0.3 is 9.30 Å². The lowest BCUT2D eigenvalue weighted by atomic mass is 10.2. The second-order valence-electron chi connectivity index (χ2n) is 8.61. The molecule has 39 heavy (non-hydrogen) atoms. The van der Waals surface area contributed by atoms with Crippen LogP contribution in [0.2, 0.25) is 10.0 Å². The summed E-state index contributed by atoms with van der Waals surface area (Å²) in [6, 6.07) is 21.5. The quantitative estimate of drug-likeness (QED) is 0.200. The number of nitrogens with one attached hydrogen (secondary N) is 1. The van der Waals surface area contributed by atoms with Crippen LogP contribution in [0.1, 0.15) is 17.0 Å². The third-order valence-corrected chi connectivity index (χ3v) is 8.17. The number of sulfonamides is 1. The zero-order valence-corrected chi connectivity index (χ0v) is 23.8. The summed E-state index contributed by atoms with van der Waals surface area (Å²) in [5, 5.41) is 5.11. The molecule has 0 aliphatic rings. The Labute approximate surface area is 237 Å². The van der Waals surface area contributed by atoms with Gasteiger partial charge in [-0.25, -0.2) is 13.8 Å². The Morgan fingerprint density at radius 3 is 2.26 bits per heavy atom. The molecule has 1 heterocycles. The average Bonchev–Trinajstić information content (AvgIpc) is 3.19. The zero-order valence-electron chi connectivity index (χ0n) is 21.4. The monoisotopic (exact) mass is 584 g/mol. The van der Waals surface area contributed by atoms with Crippen LogP contribution in [0.3, 0.4) is 0 Å². The molecule has 8 nitrogen and oxygen atoms in total. The van der Waals surface area contributed by atoms with Gasteiger partial charge in [0.2, 0.25) is 0 Å². The normalized spacial score (nSPS) is 11.5. The van der Waals surface area contributed by atoms with E-state index in [0.29, 0.717) is 21.5 Å².